The molecular weight excluding hydrogens is 268 g/mol. The maximum Gasteiger partial charge on any atom is 0.200 e. The number of aliphatic hydroxyl groups is 1. The van der Waals surface area contributed by atoms with Crippen LogP contribution >= 0.6 is 0 Å². The highest BCUT2D eigenvalue weighted by Gasteiger charge is 2.26. The predicted molar refractivity (Wildman–Crippen MR) is 79.9 cm³/mol. The first-order chi connectivity index (χ1) is 10.2. The summed E-state index contributed by atoms with van der Waals surface area (Å²) >= 11 is 0. The van der Waals surface area contributed by atoms with Gasteiger partial charge in [-0.25, -0.2) is 0 Å². The van der Waals surface area contributed by atoms with Crippen LogP contribution in [0.25, 0.3) is 21.9 Å². The van der Waals surface area contributed by atoms with E-state index >= 15 is 0 Å². The van der Waals surface area contributed by atoms with E-state index in [0.717, 1.165) is 16.9 Å². The molecule has 0 bridgehead atoms. The van der Waals surface area contributed by atoms with Gasteiger partial charge in [0.25, 0.3) is 0 Å². The molecule has 0 amide bonds. The van der Waals surface area contributed by atoms with Crippen molar-refractivity contribution in [1.82, 2.24) is 0 Å². The fraction of sp³-hybridized carbons (Fsp3) is 0.235. The molecule has 1 N–H and O–H groups in total. The summed E-state index contributed by atoms with van der Waals surface area (Å²) in [5.74, 6) is 0.736. The summed E-state index contributed by atoms with van der Waals surface area (Å²) in [4.78, 5) is 12.6. The third-order valence-corrected chi connectivity index (χ3v) is 4.06. The van der Waals surface area contributed by atoms with Crippen molar-refractivity contribution in [3.8, 4) is 5.75 Å². The quantitative estimate of drug-likeness (QED) is 0.697. The summed E-state index contributed by atoms with van der Waals surface area (Å²) in [6.07, 6.45) is 0.384. The van der Waals surface area contributed by atoms with Crippen LogP contribution in [0.3, 0.4) is 0 Å². The van der Waals surface area contributed by atoms with Crippen LogP contribution < -0.4 is 10.2 Å². The molecule has 0 saturated heterocycles. The van der Waals surface area contributed by atoms with Gasteiger partial charge in [0, 0.05) is 12.0 Å². The minimum Gasteiger partial charge on any atom is -0.487 e. The van der Waals surface area contributed by atoms with Gasteiger partial charge < -0.3 is 14.3 Å². The van der Waals surface area contributed by atoms with E-state index in [4.69, 9.17) is 9.15 Å². The SMILES string of the molecule is Cc1c2c(cc3c(=O)c4ccccc4oc13)CC(CO)O2. The summed E-state index contributed by atoms with van der Waals surface area (Å²) in [7, 11) is 0. The van der Waals surface area contributed by atoms with E-state index in [9.17, 15) is 9.90 Å². The van der Waals surface area contributed by atoms with Crippen LogP contribution in [0.5, 0.6) is 5.75 Å². The van der Waals surface area contributed by atoms with Crippen LogP contribution in [0.15, 0.2) is 39.5 Å². The van der Waals surface area contributed by atoms with Crippen molar-refractivity contribution in [1.29, 1.82) is 0 Å². The van der Waals surface area contributed by atoms with Crippen LogP contribution in [0.2, 0.25) is 0 Å². The topological polar surface area (TPSA) is 59.7 Å². The van der Waals surface area contributed by atoms with Gasteiger partial charge in [-0.1, -0.05) is 12.1 Å². The molecule has 1 aromatic heterocycles. The van der Waals surface area contributed by atoms with Crippen LogP contribution in [0, 0.1) is 6.92 Å². The first kappa shape index (κ1) is 12.4. The van der Waals surface area contributed by atoms with E-state index in [1.54, 1.807) is 12.1 Å². The van der Waals surface area contributed by atoms with Crippen molar-refractivity contribution in [2.75, 3.05) is 6.61 Å². The second kappa shape index (κ2) is 4.33. The Kier molecular flexibility index (Phi) is 2.56. The molecule has 0 fully saturated rings. The van der Waals surface area contributed by atoms with E-state index in [2.05, 4.69) is 0 Å². The van der Waals surface area contributed by atoms with Crippen LogP contribution in [-0.2, 0) is 6.42 Å². The minimum absolute atomic E-state index is 0.0230. The Hall–Kier alpha value is -2.33. The molecule has 4 heteroatoms. The third-order valence-electron chi connectivity index (χ3n) is 4.06. The van der Waals surface area contributed by atoms with E-state index < -0.39 is 0 Å². The van der Waals surface area contributed by atoms with E-state index in [1.165, 1.54) is 0 Å². The summed E-state index contributed by atoms with van der Waals surface area (Å²) in [6, 6.07) is 9.08. The number of aliphatic hydroxyl groups excluding tert-OH is 1. The largest absolute Gasteiger partial charge is 0.487 e. The average Bonchev–Trinajstić information content (AvgIpc) is 2.93. The molecule has 1 aliphatic heterocycles. The van der Waals surface area contributed by atoms with E-state index in [-0.39, 0.29) is 18.1 Å². The summed E-state index contributed by atoms with van der Waals surface area (Å²) < 4.78 is 11.6. The van der Waals surface area contributed by atoms with Crippen LogP contribution in [-0.4, -0.2) is 17.8 Å². The molecule has 0 spiro atoms. The first-order valence-corrected chi connectivity index (χ1v) is 6.94. The fourth-order valence-electron chi connectivity index (χ4n) is 3.02. The number of ether oxygens (including phenoxy) is 1. The number of benzene rings is 2. The highest BCUT2D eigenvalue weighted by Crippen LogP contribution is 2.37. The Labute approximate surface area is 120 Å². The van der Waals surface area contributed by atoms with Gasteiger partial charge in [-0.3, -0.25) is 4.79 Å². The zero-order valence-corrected chi connectivity index (χ0v) is 11.6. The Bertz CT molecular complexity index is 923. The summed E-state index contributed by atoms with van der Waals surface area (Å²) in [5.41, 5.74) is 2.90. The molecule has 0 saturated carbocycles. The van der Waals surface area contributed by atoms with Gasteiger partial charge in [0.2, 0.25) is 5.43 Å². The minimum atomic E-state index is -0.236. The molecule has 106 valence electrons. The van der Waals surface area contributed by atoms with Gasteiger partial charge in [0.05, 0.1) is 17.4 Å². The summed E-state index contributed by atoms with van der Waals surface area (Å²) in [6.45, 7) is 1.85. The van der Waals surface area contributed by atoms with Gasteiger partial charge in [-0.2, -0.15) is 0 Å². The van der Waals surface area contributed by atoms with Crippen molar-refractivity contribution in [3.63, 3.8) is 0 Å². The number of aryl methyl sites for hydroxylation is 1. The number of hydrogen-bond acceptors (Lipinski definition) is 4. The second-order valence-corrected chi connectivity index (χ2v) is 5.42. The highest BCUT2D eigenvalue weighted by atomic mass is 16.5. The number of para-hydroxylation sites is 1. The normalized spacial score (nSPS) is 17.1. The predicted octanol–water partition coefficient (Wildman–Crippen LogP) is 2.55. The van der Waals surface area contributed by atoms with Gasteiger partial charge >= 0.3 is 0 Å². The lowest BCUT2D eigenvalue weighted by atomic mass is 10.0. The molecule has 4 nitrogen and oxygen atoms in total. The molecule has 1 aliphatic rings. The maximum atomic E-state index is 12.6. The molecule has 2 aromatic carbocycles. The maximum absolute atomic E-state index is 12.6. The molecular formula is C17H14O4. The van der Waals surface area contributed by atoms with Gasteiger partial charge in [0.1, 0.15) is 23.0 Å². The van der Waals surface area contributed by atoms with Crippen molar-refractivity contribution in [2.45, 2.75) is 19.4 Å². The number of hydrogen-bond donors (Lipinski definition) is 1. The van der Waals surface area contributed by atoms with E-state index in [0.29, 0.717) is 28.4 Å². The number of rotatable bonds is 1. The Balaban J connectivity index is 2.11. The standard InChI is InChI=1S/C17H14O4/c1-9-16-10(6-11(8-18)20-16)7-13-15(19)12-4-2-3-5-14(12)21-17(9)13/h2-5,7,11,18H,6,8H2,1H3. The molecule has 1 atom stereocenters. The van der Waals surface area contributed by atoms with Crippen molar-refractivity contribution in [2.24, 2.45) is 0 Å². The molecule has 3 aromatic rings. The van der Waals surface area contributed by atoms with Crippen LogP contribution in [0.4, 0.5) is 0 Å². The van der Waals surface area contributed by atoms with Crippen molar-refractivity contribution < 1.29 is 14.3 Å². The fourth-order valence-corrected chi connectivity index (χ4v) is 3.02. The number of fused-ring (bicyclic) bond motifs is 3. The second-order valence-electron chi connectivity index (χ2n) is 5.42. The molecule has 0 aliphatic carbocycles. The van der Waals surface area contributed by atoms with Gasteiger partial charge in [-0.15, -0.1) is 0 Å². The van der Waals surface area contributed by atoms with Crippen molar-refractivity contribution >= 4 is 21.9 Å². The highest BCUT2D eigenvalue weighted by molar-refractivity contribution is 5.92. The Morgan fingerprint density at radius 1 is 1.29 bits per heavy atom. The van der Waals surface area contributed by atoms with Crippen molar-refractivity contribution in [3.05, 3.63) is 51.7 Å². The van der Waals surface area contributed by atoms with Gasteiger partial charge in [-0.05, 0) is 30.7 Å². The van der Waals surface area contributed by atoms with Gasteiger partial charge in [0.15, 0.2) is 0 Å². The Morgan fingerprint density at radius 2 is 2.10 bits per heavy atom. The molecule has 0 radical (unpaired) electrons. The summed E-state index contributed by atoms with van der Waals surface area (Å²) in [5, 5.41) is 10.4. The van der Waals surface area contributed by atoms with E-state index in [1.807, 2.05) is 25.1 Å². The molecule has 4 rings (SSSR count). The zero-order valence-electron chi connectivity index (χ0n) is 11.6. The average molecular weight is 282 g/mol. The molecule has 21 heavy (non-hydrogen) atoms. The van der Waals surface area contributed by atoms with Crippen LogP contribution in [0.1, 0.15) is 11.1 Å². The lowest BCUT2D eigenvalue weighted by Crippen LogP contribution is -2.17. The molecule has 2 heterocycles. The third kappa shape index (κ3) is 1.69. The zero-order chi connectivity index (χ0) is 14.6. The smallest absolute Gasteiger partial charge is 0.200 e. The lowest BCUT2D eigenvalue weighted by molar-refractivity contribution is 0.134. The molecule has 1 unspecified atom stereocenters. The Morgan fingerprint density at radius 3 is 2.90 bits per heavy atom. The first-order valence-electron chi connectivity index (χ1n) is 6.94. The monoisotopic (exact) mass is 282 g/mol. The lowest BCUT2D eigenvalue weighted by Gasteiger charge is -2.10.